The van der Waals surface area contributed by atoms with Gasteiger partial charge in [-0.25, -0.2) is 4.79 Å². The fourth-order valence-corrected chi connectivity index (χ4v) is 2.68. The second-order valence-electron chi connectivity index (χ2n) is 4.76. The van der Waals surface area contributed by atoms with E-state index in [1.54, 1.807) is 13.2 Å². The molecule has 0 spiro atoms. The van der Waals surface area contributed by atoms with Gasteiger partial charge < -0.3 is 9.15 Å². The standard InChI is InChI=1S/C17H13BrO3/c1-10-14-8-7-13(20-2)9-15(14)21-17(19)16(10)11-3-5-12(18)6-4-11/h3-9H,1-2H3. The molecule has 0 bridgehead atoms. The van der Waals surface area contributed by atoms with E-state index in [9.17, 15) is 4.79 Å². The average molecular weight is 345 g/mol. The smallest absolute Gasteiger partial charge is 0.344 e. The van der Waals surface area contributed by atoms with Crippen molar-refractivity contribution in [3.63, 3.8) is 0 Å². The molecule has 4 heteroatoms. The third-order valence-electron chi connectivity index (χ3n) is 3.51. The minimum Gasteiger partial charge on any atom is -0.497 e. The van der Waals surface area contributed by atoms with Crippen molar-refractivity contribution in [3.8, 4) is 16.9 Å². The maximum atomic E-state index is 12.3. The summed E-state index contributed by atoms with van der Waals surface area (Å²) >= 11 is 3.40. The van der Waals surface area contributed by atoms with Crippen molar-refractivity contribution < 1.29 is 9.15 Å². The van der Waals surface area contributed by atoms with E-state index in [4.69, 9.17) is 9.15 Å². The van der Waals surface area contributed by atoms with E-state index < -0.39 is 0 Å². The third kappa shape index (κ3) is 2.47. The zero-order valence-electron chi connectivity index (χ0n) is 11.6. The molecule has 0 aliphatic heterocycles. The summed E-state index contributed by atoms with van der Waals surface area (Å²) in [6, 6.07) is 13.1. The molecule has 1 heterocycles. The van der Waals surface area contributed by atoms with Crippen LogP contribution in [0.25, 0.3) is 22.1 Å². The topological polar surface area (TPSA) is 39.4 Å². The van der Waals surface area contributed by atoms with E-state index in [1.165, 1.54) is 0 Å². The molecule has 0 radical (unpaired) electrons. The lowest BCUT2D eigenvalue weighted by molar-refractivity contribution is 0.414. The summed E-state index contributed by atoms with van der Waals surface area (Å²) in [7, 11) is 1.59. The summed E-state index contributed by atoms with van der Waals surface area (Å²) in [5, 5.41) is 0.910. The van der Waals surface area contributed by atoms with Crippen molar-refractivity contribution in [1.82, 2.24) is 0 Å². The van der Waals surface area contributed by atoms with Crippen molar-refractivity contribution >= 4 is 26.9 Å². The quantitative estimate of drug-likeness (QED) is 0.640. The molecule has 0 aliphatic rings. The Hall–Kier alpha value is -2.07. The monoisotopic (exact) mass is 344 g/mol. The molecule has 3 aromatic rings. The molecule has 0 unspecified atom stereocenters. The lowest BCUT2D eigenvalue weighted by Gasteiger charge is -2.09. The Kier molecular flexibility index (Phi) is 3.55. The normalized spacial score (nSPS) is 10.8. The molecule has 0 saturated heterocycles. The van der Waals surface area contributed by atoms with E-state index in [1.807, 2.05) is 43.3 Å². The number of ether oxygens (including phenoxy) is 1. The fraction of sp³-hybridized carbons (Fsp3) is 0.118. The molecular formula is C17H13BrO3. The van der Waals surface area contributed by atoms with E-state index in [0.717, 1.165) is 21.0 Å². The Morgan fingerprint density at radius 1 is 1.10 bits per heavy atom. The van der Waals surface area contributed by atoms with Crippen LogP contribution in [-0.2, 0) is 0 Å². The third-order valence-corrected chi connectivity index (χ3v) is 4.04. The van der Waals surface area contributed by atoms with Gasteiger partial charge in [-0.05, 0) is 42.3 Å². The maximum Gasteiger partial charge on any atom is 0.344 e. The number of aryl methyl sites for hydroxylation is 1. The van der Waals surface area contributed by atoms with E-state index in [-0.39, 0.29) is 5.63 Å². The SMILES string of the molecule is COc1ccc2c(C)c(-c3ccc(Br)cc3)c(=O)oc2c1. The summed E-state index contributed by atoms with van der Waals surface area (Å²) in [4.78, 5) is 12.3. The van der Waals surface area contributed by atoms with Gasteiger partial charge in [0.05, 0.1) is 12.7 Å². The molecule has 0 saturated carbocycles. The van der Waals surface area contributed by atoms with Gasteiger partial charge in [-0.3, -0.25) is 0 Å². The molecule has 1 aromatic heterocycles. The van der Waals surface area contributed by atoms with Crippen LogP contribution in [-0.4, -0.2) is 7.11 Å². The van der Waals surface area contributed by atoms with E-state index in [2.05, 4.69) is 15.9 Å². The van der Waals surface area contributed by atoms with Crippen LogP contribution in [0, 0.1) is 6.92 Å². The van der Waals surface area contributed by atoms with Crippen LogP contribution in [0.5, 0.6) is 5.75 Å². The summed E-state index contributed by atoms with van der Waals surface area (Å²) in [6.07, 6.45) is 0. The highest BCUT2D eigenvalue weighted by Crippen LogP contribution is 2.29. The molecule has 3 nitrogen and oxygen atoms in total. The average Bonchev–Trinajstić information content (AvgIpc) is 2.48. The number of methoxy groups -OCH3 is 1. The zero-order valence-corrected chi connectivity index (χ0v) is 13.2. The summed E-state index contributed by atoms with van der Waals surface area (Å²) in [6.45, 7) is 1.93. The fourth-order valence-electron chi connectivity index (χ4n) is 2.41. The Balaban J connectivity index is 2.29. The van der Waals surface area contributed by atoms with Crippen LogP contribution in [0.15, 0.2) is 56.1 Å². The highest BCUT2D eigenvalue weighted by molar-refractivity contribution is 9.10. The first kappa shape index (κ1) is 13.9. The van der Waals surface area contributed by atoms with Crippen LogP contribution in [0.1, 0.15) is 5.56 Å². The summed E-state index contributed by atoms with van der Waals surface area (Å²) in [5.74, 6) is 0.668. The molecule has 3 rings (SSSR count). The van der Waals surface area contributed by atoms with Gasteiger partial charge in [-0.1, -0.05) is 28.1 Å². The Morgan fingerprint density at radius 2 is 1.81 bits per heavy atom. The van der Waals surface area contributed by atoms with Crippen molar-refractivity contribution in [3.05, 3.63) is 62.9 Å². The molecule has 0 aliphatic carbocycles. The van der Waals surface area contributed by atoms with Crippen LogP contribution < -0.4 is 10.4 Å². The van der Waals surface area contributed by atoms with Crippen molar-refractivity contribution in [1.29, 1.82) is 0 Å². The number of benzene rings is 2. The molecular weight excluding hydrogens is 332 g/mol. The zero-order chi connectivity index (χ0) is 15.0. The first-order valence-corrected chi connectivity index (χ1v) is 7.27. The predicted molar refractivity (Wildman–Crippen MR) is 86.9 cm³/mol. The molecule has 21 heavy (non-hydrogen) atoms. The summed E-state index contributed by atoms with van der Waals surface area (Å²) in [5.41, 5.74) is 2.56. The summed E-state index contributed by atoms with van der Waals surface area (Å²) < 4.78 is 11.6. The first-order chi connectivity index (χ1) is 10.1. The Bertz CT molecular complexity index is 864. The van der Waals surface area contributed by atoms with Crippen molar-refractivity contribution in [2.45, 2.75) is 6.92 Å². The molecule has 106 valence electrons. The largest absolute Gasteiger partial charge is 0.497 e. The molecule has 0 amide bonds. The van der Waals surface area contributed by atoms with E-state index >= 15 is 0 Å². The van der Waals surface area contributed by atoms with E-state index in [0.29, 0.717) is 16.9 Å². The van der Waals surface area contributed by atoms with Crippen molar-refractivity contribution in [2.75, 3.05) is 7.11 Å². The number of hydrogen-bond acceptors (Lipinski definition) is 3. The molecule has 0 N–H and O–H groups in total. The lowest BCUT2D eigenvalue weighted by atomic mass is 10.00. The van der Waals surface area contributed by atoms with Gasteiger partial charge in [-0.15, -0.1) is 0 Å². The lowest BCUT2D eigenvalue weighted by Crippen LogP contribution is -2.06. The second kappa shape index (κ2) is 5.37. The highest BCUT2D eigenvalue weighted by atomic mass is 79.9. The van der Waals surface area contributed by atoms with Gasteiger partial charge in [0.25, 0.3) is 0 Å². The van der Waals surface area contributed by atoms with Crippen LogP contribution in [0.4, 0.5) is 0 Å². The Labute approximate surface area is 130 Å². The molecule has 2 aromatic carbocycles. The molecule has 0 atom stereocenters. The number of hydrogen-bond donors (Lipinski definition) is 0. The minimum absolute atomic E-state index is 0.337. The predicted octanol–water partition coefficient (Wildman–Crippen LogP) is 4.54. The highest BCUT2D eigenvalue weighted by Gasteiger charge is 2.13. The van der Waals surface area contributed by atoms with Gasteiger partial charge in [0.2, 0.25) is 0 Å². The Morgan fingerprint density at radius 3 is 2.48 bits per heavy atom. The maximum absolute atomic E-state index is 12.3. The first-order valence-electron chi connectivity index (χ1n) is 6.47. The van der Waals surface area contributed by atoms with Gasteiger partial charge in [0, 0.05) is 15.9 Å². The van der Waals surface area contributed by atoms with Gasteiger partial charge in [0.1, 0.15) is 11.3 Å². The van der Waals surface area contributed by atoms with Crippen LogP contribution in [0.2, 0.25) is 0 Å². The van der Waals surface area contributed by atoms with Gasteiger partial charge >= 0.3 is 5.63 Å². The minimum atomic E-state index is -0.337. The van der Waals surface area contributed by atoms with Gasteiger partial charge in [0.15, 0.2) is 0 Å². The van der Waals surface area contributed by atoms with Gasteiger partial charge in [-0.2, -0.15) is 0 Å². The van der Waals surface area contributed by atoms with Crippen LogP contribution in [0.3, 0.4) is 0 Å². The van der Waals surface area contributed by atoms with Crippen LogP contribution >= 0.6 is 15.9 Å². The number of halogens is 1. The number of fused-ring (bicyclic) bond motifs is 1. The second-order valence-corrected chi connectivity index (χ2v) is 5.67. The number of rotatable bonds is 2. The molecule has 0 fully saturated rings. The van der Waals surface area contributed by atoms with Crippen molar-refractivity contribution in [2.24, 2.45) is 0 Å².